The summed E-state index contributed by atoms with van der Waals surface area (Å²) in [6.45, 7) is 0.0357. The van der Waals surface area contributed by atoms with Crippen molar-refractivity contribution in [1.82, 2.24) is 20.1 Å². The first-order valence-electron chi connectivity index (χ1n) is 15.6. The van der Waals surface area contributed by atoms with E-state index < -0.39 is 64.8 Å². The number of hydrogen-bond donors (Lipinski definition) is 4. The molecule has 0 bridgehead atoms. The molecule has 5 heterocycles. The summed E-state index contributed by atoms with van der Waals surface area (Å²) in [5, 5.41) is 25.9. The van der Waals surface area contributed by atoms with Crippen LogP contribution in [0.25, 0.3) is 10.9 Å². The molecule has 3 aliphatic heterocycles. The van der Waals surface area contributed by atoms with Gasteiger partial charge in [0.1, 0.15) is 35.1 Å². The van der Waals surface area contributed by atoms with Crippen molar-refractivity contribution >= 4 is 81.1 Å². The Hall–Kier alpha value is -4.61. The van der Waals surface area contributed by atoms with E-state index in [2.05, 4.69) is 10.6 Å². The highest BCUT2D eigenvalue weighted by atomic mass is 35.5. The second-order valence-corrected chi connectivity index (χ2v) is 14.9. The van der Waals surface area contributed by atoms with Crippen molar-refractivity contribution in [1.29, 1.82) is 0 Å². The fourth-order valence-electron chi connectivity index (χ4n) is 6.55. The molecule has 7 rings (SSSR count). The van der Waals surface area contributed by atoms with E-state index in [0.29, 0.717) is 13.0 Å². The van der Waals surface area contributed by atoms with Gasteiger partial charge in [-0.3, -0.25) is 19.3 Å². The van der Waals surface area contributed by atoms with Gasteiger partial charge in [-0.05, 0) is 36.8 Å². The van der Waals surface area contributed by atoms with Crippen molar-refractivity contribution < 1.29 is 43.3 Å². The van der Waals surface area contributed by atoms with Gasteiger partial charge in [0.05, 0.1) is 34.1 Å². The monoisotopic (exact) mass is 745 g/mol. The van der Waals surface area contributed by atoms with E-state index in [1.165, 1.54) is 29.3 Å². The number of amides is 3. The minimum atomic E-state index is -1.41. The third kappa shape index (κ3) is 6.17. The number of hydrogen-bond acceptors (Lipinski definition) is 10. The Balaban J connectivity index is 0.994. The second kappa shape index (κ2) is 13.3. The van der Waals surface area contributed by atoms with Gasteiger partial charge in [0.25, 0.3) is 5.91 Å². The van der Waals surface area contributed by atoms with Gasteiger partial charge in [-0.2, -0.15) is 0 Å². The van der Waals surface area contributed by atoms with Crippen molar-refractivity contribution in [2.45, 2.75) is 49.2 Å². The number of pyridine rings is 1. The number of carbonyl (C=O) groups excluding carboxylic acids is 3. The number of nitrogens with one attached hydrogen (secondary N) is 2. The molecule has 4 aliphatic rings. The van der Waals surface area contributed by atoms with Crippen molar-refractivity contribution in [3.05, 3.63) is 72.5 Å². The number of carbonyl (C=O) groups is 5. The van der Waals surface area contributed by atoms with Gasteiger partial charge in [-0.1, -0.05) is 17.7 Å². The summed E-state index contributed by atoms with van der Waals surface area (Å²) in [5.41, 5.74) is -1.09. The number of alkyl carbamates (subject to hydrolysis) is 1. The predicted octanol–water partition coefficient (Wildman–Crippen LogP) is 3.17. The van der Waals surface area contributed by atoms with Gasteiger partial charge in [-0.15, -0.1) is 23.1 Å². The number of aromatic nitrogens is 1. The fraction of sp³-hybridized carbons (Fsp3) is 0.375. The smallest absolute Gasteiger partial charge is 0.407 e. The lowest BCUT2D eigenvalue weighted by molar-refractivity contribution is -0.150. The van der Waals surface area contributed by atoms with Crippen LogP contribution in [0.2, 0.25) is 5.02 Å². The third-order valence-corrected chi connectivity index (χ3v) is 11.6. The maximum atomic E-state index is 15.5. The number of fused-ring (bicyclic) bond motifs is 2. The first kappa shape index (κ1) is 33.9. The highest BCUT2D eigenvalue weighted by Crippen LogP contribution is 2.43. The van der Waals surface area contributed by atoms with E-state index in [1.807, 2.05) is 11.4 Å². The van der Waals surface area contributed by atoms with Crippen LogP contribution in [0.3, 0.4) is 0 Å². The molecule has 3 amide bonds. The number of aliphatic carboxylic acids is 1. The standard InChI is InChI=1S/C32H29ClFN5O9S2/c33-22-25-18(27(41)19(30(43)44)11-38(25)16-3-4-16)9-20(34)26(22)37-6-5-15(10-37)35-32(47)48-12-14-13-50-29-23(28(42)39(29)24(14)31(45)46)36-21(40)8-17-2-1-7-49-17/h1-2,7,9,11,15-16,23,29H,3-6,8,10,12-13H2,(H,35,47)(H,36,40)(H,43,44)(H,45,46)/t15?,23-,29-/m1/s1. The van der Waals surface area contributed by atoms with Crippen molar-refractivity contribution in [2.75, 3.05) is 30.3 Å². The lowest BCUT2D eigenvalue weighted by Crippen LogP contribution is -2.70. The summed E-state index contributed by atoms with van der Waals surface area (Å²) in [7, 11) is 0. The number of benzene rings is 1. The minimum Gasteiger partial charge on any atom is -0.477 e. The molecule has 0 spiro atoms. The number of carboxylic acids is 2. The Morgan fingerprint density at radius 3 is 2.56 bits per heavy atom. The Labute approximate surface area is 295 Å². The second-order valence-electron chi connectivity index (χ2n) is 12.4. The number of carboxylic acid groups (broad SMARTS) is 2. The van der Waals surface area contributed by atoms with Crippen LogP contribution in [0.5, 0.6) is 0 Å². The van der Waals surface area contributed by atoms with Gasteiger partial charge < -0.3 is 35.1 Å². The van der Waals surface area contributed by atoms with Crippen LogP contribution < -0.4 is 21.0 Å². The van der Waals surface area contributed by atoms with Gasteiger partial charge in [0, 0.05) is 41.5 Å². The van der Waals surface area contributed by atoms with E-state index in [1.54, 1.807) is 15.5 Å². The molecule has 262 valence electrons. The van der Waals surface area contributed by atoms with E-state index >= 15 is 4.39 Å². The Morgan fingerprint density at radius 1 is 1.10 bits per heavy atom. The Kier molecular flexibility index (Phi) is 8.98. The van der Waals surface area contributed by atoms with Gasteiger partial charge >= 0.3 is 18.0 Å². The van der Waals surface area contributed by atoms with Crippen LogP contribution in [0.15, 0.2) is 45.8 Å². The zero-order chi connectivity index (χ0) is 35.4. The quantitative estimate of drug-likeness (QED) is 0.223. The topological polar surface area (TPSA) is 188 Å². The number of thioether (sulfide) groups is 1. The molecular weight excluding hydrogens is 717 g/mol. The Bertz CT molecular complexity index is 2050. The molecule has 50 heavy (non-hydrogen) atoms. The largest absolute Gasteiger partial charge is 0.477 e. The molecular formula is C32H29ClFN5O9S2. The predicted molar refractivity (Wildman–Crippen MR) is 181 cm³/mol. The van der Waals surface area contributed by atoms with Crippen LogP contribution in [-0.4, -0.2) is 92.4 Å². The van der Waals surface area contributed by atoms with Gasteiger partial charge in [0.15, 0.2) is 0 Å². The molecule has 1 unspecified atom stereocenters. The molecule has 4 N–H and O–H groups in total. The SMILES string of the molecule is O=C(Cc1cccs1)N[C@@H]1C(=O)N2C(C(=O)O)=C(COC(=O)NC3CCN(c4c(F)cc5c(=O)c(C(=O)O)cn(C6CC6)c5c4Cl)C3)CS[C@H]12. The van der Waals surface area contributed by atoms with Crippen molar-refractivity contribution in [2.24, 2.45) is 0 Å². The maximum Gasteiger partial charge on any atom is 0.407 e. The zero-order valence-electron chi connectivity index (χ0n) is 26.0. The number of thiophene rings is 1. The molecule has 14 nitrogen and oxygen atoms in total. The molecule has 2 saturated heterocycles. The molecule has 3 aromatic rings. The number of rotatable bonds is 10. The van der Waals surface area contributed by atoms with Crippen LogP contribution in [0, 0.1) is 5.82 Å². The van der Waals surface area contributed by atoms with E-state index in [-0.39, 0.29) is 63.6 Å². The van der Waals surface area contributed by atoms with Gasteiger partial charge in [0.2, 0.25) is 11.3 Å². The fourth-order valence-corrected chi connectivity index (χ4v) is 8.99. The number of halogens is 2. The highest BCUT2D eigenvalue weighted by Gasteiger charge is 2.54. The average Bonchev–Trinajstić information content (AvgIpc) is 3.60. The molecule has 18 heteroatoms. The third-order valence-electron chi connectivity index (χ3n) is 9.04. The summed E-state index contributed by atoms with van der Waals surface area (Å²) < 4.78 is 22.5. The number of β-lactam (4-membered cyclic amide) rings is 1. The molecule has 1 saturated carbocycles. The highest BCUT2D eigenvalue weighted by molar-refractivity contribution is 8.00. The summed E-state index contributed by atoms with van der Waals surface area (Å²) >= 11 is 9.40. The van der Waals surface area contributed by atoms with Crippen molar-refractivity contribution in [3.63, 3.8) is 0 Å². The molecule has 2 aromatic heterocycles. The first-order valence-corrected chi connectivity index (χ1v) is 17.9. The lowest BCUT2D eigenvalue weighted by atomic mass is 10.0. The average molecular weight is 746 g/mol. The Morgan fingerprint density at radius 2 is 1.88 bits per heavy atom. The molecule has 1 aliphatic carbocycles. The van der Waals surface area contributed by atoms with Crippen LogP contribution in [0.4, 0.5) is 14.9 Å². The first-order chi connectivity index (χ1) is 23.9. The number of anilines is 1. The van der Waals surface area contributed by atoms with Crippen LogP contribution >= 0.6 is 34.7 Å². The molecule has 3 atom stereocenters. The zero-order valence-corrected chi connectivity index (χ0v) is 28.4. The van der Waals surface area contributed by atoms with Crippen LogP contribution in [-0.2, 0) is 25.5 Å². The number of aromatic carboxylic acids is 1. The summed E-state index contributed by atoms with van der Waals surface area (Å²) in [6, 6.07) is 3.19. The lowest BCUT2D eigenvalue weighted by Gasteiger charge is -2.49. The molecule has 0 radical (unpaired) electrons. The minimum absolute atomic E-state index is 0.0268. The molecule has 3 fully saturated rings. The summed E-state index contributed by atoms with van der Waals surface area (Å²) in [6.07, 6.45) is 2.41. The maximum absolute atomic E-state index is 15.5. The van der Waals surface area contributed by atoms with Gasteiger partial charge in [-0.25, -0.2) is 18.8 Å². The summed E-state index contributed by atoms with van der Waals surface area (Å²) in [5.74, 6) is -4.35. The number of nitrogens with zero attached hydrogens (tertiary/aromatic N) is 3. The van der Waals surface area contributed by atoms with E-state index in [9.17, 15) is 39.0 Å². The van der Waals surface area contributed by atoms with Crippen LogP contribution in [0.1, 0.15) is 40.5 Å². The normalized spacial score (nSPS) is 21.6. The van der Waals surface area contributed by atoms with Crippen molar-refractivity contribution in [3.8, 4) is 0 Å². The van der Waals surface area contributed by atoms with E-state index in [0.717, 1.165) is 28.7 Å². The molecule has 1 aromatic carbocycles. The van der Waals surface area contributed by atoms with E-state index in [4.69, 9.17) is 16.3 Å². The number of ether oxygens (including phenoxy) is 1. The summed E-state index contributed by atoms with van der Waals surface area (Å²) in [4.78, 5) is 78.6.